The van der Waals surface area contributed by atoms with Crippen molar-refractivity contribution < 1.29 is 23.9 Å². The fourth-order valence-corrected chi connectivity index (χ4v) is 5.05. The number of anilines is 1. The van der Waals surface area contributed by atoms with Crippen LogP contribution in [0.15, 0.2) is 102 Å². The SMILES string of the molecule is Cc1ccc2nc(-c3ccc(N4C(=O)c5ccccc5C4=O)cc3)cc(C(=O)OCC(=O)c3ccc(Br)cc3)c2c1. The highest BCUT2D eigenvalue weighted by molar-refractivity contribution is 9.10. The molecule has 1 aromatic heterocycles. The number of ether oxygens (including phenoxy) is 1. The van der Waals surface area contributed by atoms with Crippen LogP contribution in [0.1, 0.15) is 47.0 Å². The van der Waals surface area contributed by atoms with Gasteiger partial charge in [-0.3, -0.25) is 14.4 Å². The number of halogens is 1. The number of pyridine rings is 1. The highest BCUT2D eigenvalue weighted by atomic mass is 79.9. The summed E-state index contributed by atoms with van der Waals surface area (Å²) in [4.78, 5) is 57.5. The van der Waals surface area contributed by atoms with Crippen LogP contribution in [0.2, 0.25) is 0 Å². The Morgan fingerprint density at radius 2 is 1.49 bits per heavy atom. The number of carbonyl (C=O) groups is 4. The highest BCUT2D eigenvalue weighted by Crippen LogP contribution is 2.31. The number of nitrogens with zero attached hydrogens (tertiary/aromatic N) is 2. The molecule has 8 heteroatoms. The van der Waals surface area contributed by atoms with Crippen molar-refractivity contribution in [3.8, 4) is 11.3 Å². The van der Waals surface area contributed by atoms with E-state index in [1.54, 1.807) is 78.9 Å². The number of fused-ring (bicyclic) bond motifs is 2. The highest BCUT2D eigenvalue weighted by Gasteiger charge is 2.36. The van der Waals surface area contributed by atoms with E-state index in [2.05, 4.69) is 15.9 Å². The van der Waals surface area contributed by atoms with Crippen molar-refractivity contribution in [1.82, 2.24) is 4.98 Å². The van der Waals surface area contributed by atoms with Gasteiger partial charge in [-0.1, -0.05) is 64.0 Å². The zero-order chi connectivity index (χ0) is 28.7. The van der Waals surface area contributed by atoms with Crippen LogP contribution in [0.4, 0.5) is 5.69 Å². The molecule has 0 fully saturated rings. The van der Waals surface area contributed by atoms with E-state index in [4.69, 9.17) is 9.72 Å². The molecule has 0 bridgehead atoms. The van der Waals surface area contributed by atoms with Crippen LogP contribution in [0, 0.1) is 6.92 Å². The maximum atomic E-state index is 13.3. The molecule has 1 aliphatic heterocycles. The maximum absolute atomic E-state index is 13.3. The monoisotopic (exact) mass is 604 g/mol. The third-order valence-corrected chi connectivity index (χ3v) is 7.43. The van der Waals surface area contributed by atoms with E-state index in [9.17, 15) is 19.2 Å². The van der Waals surface area contributed by atoms with Gasteiger partial charge in [0.1, 0.15) is 0 Å². The van der Waals surface area contributed by atoms with Crippen molar-refractivity contribution in [3.63, 3.8) is 0 Å². The van der Waals surface area contributed by atoms with Crippen LogP contribution in [-0.4, -0.2) is 35.2 Å². The molecule has 2 amide bonds. The smallest absolute Gasteiger partial charge is 0.339 e. The van der Waals surface area contributed by atoms with Crippen molar-refractivity contribution in [3.05, 3.63) is 129 Å². The first-order chi connectivity index (χ1) is 19.8. The summed E-state index contributed by atoms with van der Waals surface area (Å²) in [6.07, 6.45) is 0. The summed E-state index contributed by atoms with van der Waals surface area (Å²) in [5.41, 5.74) is 4.60. The number of hydrogen-bond donors (Lipinski definition) is 0. The molecule has 0 atom stereocenters. The van der Waals surface area contributed by atoms with Crippen molar-refractivity contribution >= 4 is 56.1 Å². The summed E-state index contributed by atoms with van der Waals surface area (Å²) in [7, 11) is 0. The molecule has 0 saturated heterocycles. The number of ketones is 1. The van der Waals surface area contributed by atoms with Crippen LogP contribution in [0.5, 0.6) is 0 Å². The predicted molar refractivity (Wildman–Crippen MR) is 158 cm³/mol. The van der Waals surface area contributed by atoms with E-state index in [0.717, 1.165) is 14.9 Å². The van der Waals surface area contributed by atoms with Crippen molar-refractivity contribution in [2.75, 3.05) is 11.5 Å². The minimum atomic E-state index is -0.641. The Bertz CT molecular complexity index is 1850. The van der Waals surface area contributed by atoms with E-state index in [1.807, 2.05) is 25.1 Å². The Morgan fingerprint density at radius 3 is 2.15 bits per heavy atom. The van der Waals surface area contributed by atoms with Gasteiger partial charge in [0, 0.05) is 21.0 Å². The summed E-state index contributed by atoms with van der Waals surface area (Å²) in [6.45, 7) is 1.51. The average Bonchev–Trinajstić information content (AvgIpc) is 3.25. The van der Waals surface area contributed by atoms with E-state index in [0.29, 0.717) is 44.5 Å². The van der Waals surface area contributed by atoms with Crippen LogP contribution < -0.4 is 4.90 Å². The molecule has 41 heavy (non-hydrogen) atoms. The number of hydrogen-bond acceptors (Lipinski definition) is 6. The van der Waals surface area contributed by atoms with Gasteiger partial charge in [-0.2, -0.15) is 0 Å². The molecule has 6 rings (SSSR count). The summed E-state index contributed by atoms with van der Waals surface area (Å²) >= 11 is 3.34. The van der Waals surface area contributed by atoms with Gasteiger partial charge in [0.2, 0.25) is 0 Å². The van der Waals surface area contributed by atoms with Crippen molar-refractivity contribution in [2.24, 2.45) is 0 Å². The molecular formula is C33H21BrN2O5. The topological polar surface area (TPSA) is 93.6 Å². The number of aromatic nitrogens is 1. The zero-order valence-corrected chi connectivity index (χ0v) is 23.3. The fraction of sp³-hybridized carbons (Fsp3) is 0.0606. The van der Waals surface area contributed by atoms with Crippen molar-refractivity contribution in [2.45, 2.75) is 6.92 Å². The van der Waals surface area contributed by atoms with Crippen LogP contribution in [0.3, 0.4) is 0 Å². The van der Waals surface area contributed by atoms with E-state index >= 15 is 0 Å². The lowest BCUT2D eigenvalue weighted by Crippen LogP contribution is -2.29. The second-order valence-electron chi connectivity index (χ2n) is 9.62. The van der Waals surface area contributed by atoms with Gasteiger partial charge in [0.15, 0.2) is 12.4 Å². The number of benzene rings is 4. The number of Topliss-reactive ketones (excluding diaryl/α,β-unsaturated/α-hetero) is 1. The van der Waals surface area contributed by atoms with Crippen LogP contribution in [0.25, 0.3) is 22.2 Å². The van der Waals surface area contributed by atoms with Gasteiger partial charge in [-0.15, -0.1) is 0 Å². The summed E-state index contributed by atoms with van der Waals surface area (Å²) in [6, 6.07) is 27.6. The summed E-state index contributed by atoms with van der Waals surface area (Å²) in [5, 5.41) is 0.609. The second kappa shape index (κ2) is 10.6. The molecule has 0 spiro atoms. The number of imide groups is 1. The summed E-state index contributed by atoms with van der Waals surface area (Å²) in [5.74, 6) is -1.71. The molecule has 0 N–H and O–H groups in total. The first kappa shape index (κ1) is 26.3. The van der Waals surface area contributed by atoms with E-state index in [-0.39, 0.29) is 23.2 Å². The fourth-order valence-electron chi connectivity index (χ4n) is 4.79. The Labute approximate surface area is 243 Å². The van der Waals surface area contributed by atoms with Gasteiger partial charge >= 0.3 is 5.97 Å². The molecular weight excluding hydrogens is 584 g/mol. The van der Waals surface area contributed by atoms with Crippen LogP contribution >= 0.6 is 15.9 Å². The maximum Gasteiger partial charge on any atom is 0.339 e. The quantitative estimate of drug-likeness (QED) is 0.120. The normalized spacial score (nSPS) is 12.5. The Balaban J connectivity index is 1.29. The molecule has 0 aliphatic carbocycles. The number of aryl methyl sites for hydroxylation is 1. The van der Waals surface area contributed by atoms with E-state index < -0.39 is 12.6 Å². The minimum absolute atomic E-state index is 0.279. The van der Waals surface area contributed by atoms with Crippen LogP contribution in [-0.2, 0) is 4.74 Å². The molecule has 7 nitrogen and oxygen atoms in total. The summed E-state index contributed by atoms with van der Waals surface area (Å²) < 4.78 is 6.29. The first-order valence-electron chi connectivity index (χ1n) is 12.8. The van der Waals surface area contributed by atoms with Gasteiger partial charge in [-0.25, -0.2) is 14.7 Å². The van der Waals surface area contributed by atoms with Crippen molar-refractivity contribution in [1.29, 1.82) is 0 Å². The zero-order valence-electron chi connectivity index (χ0n) is 21.8. The van der Waals surface area contributed by atoms with Gasteiger partial charge in [0.05, 0.1) is 33.6 Å². The van der Waals surface area contributed by atoms with Gasteiger partial charge < -0.3 is 4.74 Å². The molecule has 0 unspecified atom stereocenters. The predicted octanol–water partition coefficient (Wildman–Crippen LogP) is 6.81. The Morgan fingerprint density at radius 1 is 0.829 bits per heavy atom. The average molecular weight is 605 g/mol. The van der Waals surface area contributed by atoms with E-state index in [1.165, 1.54) is 0 Å². The number of rotatable bonds is 6. The lowest BCUT2D eigenvalue weighted by Gasteiger charge is -2.15. The number of amides is 2. The Hall–Kier alpha value is -4.95. The van der Waals surface area contributed by atoms with Gasteiger partial charge in [-0.05, 0) is 61.5 Å². The molecule has 0 radical (unpaired) electrons. The molecule has 200 valence electrons. The standard InChI is InChI=1S/C33H21BrN2O5/c1-19-6-15-28-26(16-19)27(33(40)41-18-30(37)21-7-11-22(34)12-8-21)17-29(35-28)20-9-13-23(14-10-20)36-31(38)24-4-2-3-5-25(24)32(36)39/h2-17H,18H2,1H3. The lowest BCUT2D eigenvalue weighted by molar-refractivity contribution is 0.0476. The third kappa shape index (κ3) is 4.94. The Kier molecular flexibility index (Phi) is 6.77. The largest absolute Gasteiger partial charge is 0.454 e. The molecule has 4 aromatic carbocycles. The lowest BCUT2D eigenvalue weighted by atomic mass is 10.0. The molecule has 1 aliphatic rings. The minimum Gasteiger partial charge on any atom is -0.454 e. The number of carbonyl (C=O) groups excluding carboxylic acids is 4. The third-order valence-electron chi connectivity index (χ3n) is 6.90. The number of esters is 1. The molecule has 5 aromatic rings. The van der Waals surface area contributed by atoms with Gasteiger partial charge in [0.25, 0.3) is 11.8 Å². The molecule has 2 heterocycles. The molecule has 0 saturated carbocycles. The second-order valence-corrected chi connectivity index (χ2v) is 10.5. The first-order valence-corrected chi connectivity index (χ1v) is 13.5.